The summed E-state index contributed by atoms with van der Waals surface area (Å²) in [7, 11) is -1.85. The fourth-order valence-corrected chi connectivity index (χ4v) is 3.92. The van der Waals surface area contributed by atoms with Gasteiger partial charge in [-0.15, -0.1) is 0 Å². The summed E-state index contributed by atoms with van der Waals surface area (Å²) in [6.45, 7) is 14.9. The van der Waals surface area contributed by atoms with Crippen molar-refractivity contribution in [1.82, 2.24) is 0 Å². The number of hydrogen-bond donors (Lipinski definition) is 1. The second-order valence-electron chi connectivity index (χ2n) is 7.78. The number of ether oxygens (including phenoxy) is 2. The molecule has 1 aliphatic heterocycles. The Balaban J connectivity index is 2.11. The highest BCUT2D eigenvalue weighted by Gasteiger charge is 2.56. The molecule has 1 saturated heterocycles. The summed E-state index contributed by atoms with van der Waals surface area (Å²) in [6.07, 6.45) is -0.314. The predicted molar refractivity (Wildman–Crippen MR) is 76.5 cm³/mol. The molecule has 2 rings (SSSR count). The molecule has 19 heavy (non-hydrogen) atoms. The SMILES string of the molecule is CC1(C)O[C@@H]2[C@H](O1)[C@@H](O[Si](C)(C)C(C)(C)C)C[C@H]2O. The quantitative estimate of drug-likeness (QED) is 0.794. The molecule has 0 aromatic rings. The lowest BCUT2D eigenvalue weighted by Gasteiger charge is -2.39. The lowest BCUT2D eigenvalue weighted by molar-refractivity contribution is -0.170. The van der Waals surface area contributed by atoms with Gasteiger partial charge in [0.15, 0.2) is 14.1 Å². The van der Waals surface area contributed by atoms with Gasteiger partial charge in [-0.1, -0.05) is 20.8 Å². The number of aliphatic hydroxyl groups excluding tert-OH is 1. The van der Waals surface area contributed by atoms with Crippen LogP contribution in [0.5, 0.6) is 0 Å². The second-order valence-corrected chi connectivity index (χ2v) is 12.5. The van der Waals surface area contributed by atoms with E-state index in [1.54, 1.807) is 0 Å². The van der Waals surface area contributed by atoms with Crippen molar-refractivity contribution in [2.24, 2.45) is 0 Å². The largest absolute Gasteiger partial charge is 0.411 e. The van der Waals surface area contributed by atoms with Gasteiger partial charge >= 0.3 is 0 Å². The Morgan fingerprint density at radius 1 is 1.16 bits per heavy atom. The van der Waals surface area contributed by atoms with Crippen molar-refractivity contribution in [2.45, 2.75) is 89.4 Å². The summed E-state index contributed by atoms with van der Waals surface area (Å²) in [5.41, 5.74) is 0. The van der Waals surface area contributed by atoms with Gasteiger partial charge in [-0.3, -0.25) is 0 Å². The van der Waals surface area contributed by atoms with E-state index >= 15 is 0 Å². The van der Waals surface area contributed by atoms with Crippen LogP contribution in [0.15, 0.2) is 0 Å². The van der Waals surface area contributed by atoms with E-state index in [0.29, 0.717) is 6.42 Å². The summed E-state index contributed by atoms with van der Waals surface area (Å²) in [5.74, 6) is -0.619. The van der Waals surface area contributed by atoms with Gasteiger partial charge in [-0.05, 0) is 32.0 Å². The van der Waals surface area contributed by atoms with Crippen molar-refractivity contribution in [1.29, 1.82) is 0 Å². The molecule has 5 heteroatoms. The smallest absolute Gasteiger partial charge is 0.192 e. The molecule has 0 bridgehead atoms. The first-order chi connectivity index (χ1) is 8.43. The molecule has 0 unspecified atom stereocenters. The number of aliphatic hydroxyl groups is 1. The Morgan fingerprint density at radius 3 is 2.21 bits per heavy atom. The van der Waals surface area contributed by atoms with Gasteiger partial charge < -0.3 is 19.0 Å². The first kappa shape index (κ1) is 15.4. The second kappa shape index (κ2) is 4.53. The number of rotatable bonds is 2. The van der Waals surface area contributed by atoms with Crippen molar-refractivity contribution in [2.75, 3.05) is 0 Å². The third-order valence-corrected chi connectivity index (χ3v) is 9.14. The van der Waals surface area contributed by atoms with Gasteiger partial charge in [0.2, 0.25) is 0 Å². The van der Waals surface area contributed by atoms with Gasteiger partial charge in [0, 0.05) is 6.42 Å². The van der Waals surface area contributed by atoms with Crippen LogP contribution in [0.25, 0.3) is 0 Å². The average molecular weight is 288 g/mol. The molecule has 0 aromatic carbocycles. The molecule has 1 heterocycles. The maximum Gasteiger partial charge on any atom is 0.192 e. The van der Waals surface area contributed by atoms with Crippen LogP contribution in [0.2, 0.25) is 18.1 Å². The summed E-state index contributed by atoms with van der Waals surface area (Å²) in [6, 6.07) is 0. The van der Waals surface area contributed by atoms with Crippen molar-refractivity contribution < 1.29 is 19.0 Å². The number of hydrogen-bond acceptors (Lipinski definition) is 4. The average Bonchev–Trinajstić information content (AvgIpc) is 2.62. The zero-order chi connectivity index (χ0) is 14.6. The van der Waals surface area contributed by atoms with Crippen LogP contribution in [-0.2, 0) is 13.9 Å². The van der Waals surface area contributed by atoms with Crippen molar-refractivity contribution >= 4 is 8.32 Å². The summed E-state index contributed by atoms with van der Waals surface area (Å²) in [4.78, 5) is 0. The Kier molecular flexibility index (Phi) is 3.68. The third-order valence-electron chi connectivity index (χ3n) is 4.64. The Bertz CT molecular complexity index is 348. The molecule has 0 radical (unpaired) electrons. The Labute approximate surface area is 117 Å². The standard InChI is InChI=1S/C14H28O4Si/c1-13(2,3)19(6,7)18-10-8-9(15)11-12(10)17-14(4,5)16-11/h9-12,15H,8H2,1-7H3/t9-,10+,11+,12-/m1/s1. The lowest BCUT2D eigenvalue weighted by atomic mass is 10.2. The zero-order valence-electron chi connectivity index (χ0n) is 13.2. The molecule has 4 atom stereocenters. The predicted octanol–water partition coefficient (Wildman–Crippen LogP) is 2.66. The highest BCUT2D eigenvalue weighted by atomic mass is 28.4. The summed E-state index contributed by atoms with van der Waals surface area (Å²) >= 11 is 0. The topological polar surface area (TPSA) is 47.9 Å². The van der Waals surface area contributed by atoms with Gasteiger partial charge in [-0.25, -0.2) is 0 Å². The van der Waals surface area contributed by atoms with E-state index in [1.807, 2.05) is 13.8 Å². The molecular weight excluding hydrogens is 260 g/mol. The van der Waals surface area contributed by atoms with Crippen LogP contribution >= 0.6 is 0 Å². The minimum Gasteiger partial charge on any atom is -0.411 e. The molecule has 2 aliphatic rings. The Morgan fingerprint density at radius 2 is 1.68 bits per heavy atom. The van der Waals surface area contributed by atoms with E-state index < -0.39 is 20.2 Å². The maximum atomic E-state index is 10.1. The molecule has 0 spiro atoms. The normalized spacial score (nSPS) is 38.5. The van der Waals surface area contributed by atoms with E-state index in [0.717, 1.165) is 0 Å². The van der Waals surface area contributed by atoms with Gasteiger partial charge in [0.25, 0.3) is 0 Å². The van der Waals surface area contributed by atoms with Gasteiger partial charge in [-0.2, -0.15) is 0 Å². The van der Waals surface area contributed by atoms with Crippen LogP contribution in [0, 0.1) is 0 Å². The van der Waals surface area contributed by atoms with Gasteiger partial charge in [0.1, 0.15) is 12.2 Å². The zero-order valence-corrected chi connectivity index (χ0v) is 14.2. The van der Waals surface area contributed by atoms with Crippen LogP contribution in [-0.4, -0.2) is 43.6 Å². The first-order valence-corrected chi connectivity index (χ1v) is 10.1. The number of fused-ring (bicyclic) bond motifs is 1. The van der Waals surface area contributed by atoms with Crippen LogP contribution in [0.1, 0.15) is 41.0 Å². The highest BCUT2D eigenvalue weighted by molar-refractivity contribution is 6.74. The molecule has 0 amide bonds. The van der Waals surface area contributed by atoms with Crippen LogP contribution < -0.4 is 0 Å². The van der Waals surface area contributed by atoms with E-state index in [-0.39, 0.29) is 23.4 Å². The lowest BCUT2D eigenvalue weighted by Crippen LogP contribution is -2.46. The first-order valence-electron chi connectivity index (χ1n) is 7.14. The molecule has 1 aliphatic carbocycles. The van der Waals surface area contributed by atoms with E-state index in [1.165, 1.54) is 0 Å². The maximum absolute atomic E-state index is 10.1. The molecule has 0 aromatic heterocycles. The third kappa shape index (κ3) is 2.90. The fourth-order valence-electron chi connectivity index (χ4n) is 2.58. The van der Waals surface area contributed by atoms with E-state index in [2.05, 4.69) is 33.9 Å². The van der Waals surface area contributed by atoms with E-state index in [9.17, 15) is 5.11 Å². The molecule has 2 fully saturated rings. The van der Waals surface area contributed by atoms with Crippen molar-refractivity contribution in [3.05, 3.63) is 0 Å². The minimum absolute atomic E-state index is 0.0531. The van der Waals surface area contributed by atoms with Crippen LogP contribution in [0.3, 0.4) is 0 Å². The van der Waals surface area contributed by atoms with E-state index in [4.69, 9.17) is 13.9 Å². The molecule has 4 nitrogen and oxygen atoms in total. The molecule has 1 N–H and O–H groups in total. The molecule has 1 saturated carbocycles. The van der Waals surface area contributed by atoms with Crippen LogP contribution in [0.4, 0.5) is 0 Å². The van der Waals surface area contributed by atoms with Gasteiger partial charge in [0.05, 0.1) is 12.2 Å². The summed E-state index contributed by atoms with van der Waals surface area (Å²) < 4.78 is 18.1. The monoisotopic (exact) mass is 288 g/mol. The molecular formula is C14H28O4Si. The van der Waals surface area contributed by atoms with Crippen molar-refractivity contribution in [3.63, 3.8) is 0 Å². The molecule has 112 valence electrons. The summed E-state index contributed by atoms with van der Waals surface area (Å²) in [5, 5.41) is 10.3. The minimum atomic E-state index is -1.85. The Hall–Kier alpha value is 0.0569. The van der Waals surface area contributed by atoms with Crippen molar-refractivity contribution in [3.8, 4) is 0 Å². The fraction of sp³-hybridized carbons (Fsp3) is 1.00. The highest BCUT2D eigenvalue weighted by Crippen LogP contribution is 2.44.